The number of fused-ring (bicyclic) bond motifs is 15. The molecule has 1 heterocycles. The van der Waals surface area contributed by atoms with Crippen LogP contribution in [0.25, 0.3) is 109 Å². The molecular formula is C72H56S5. The van der Waals surface area contributed by atoms with Crippen LogP contribution < -0.4 is 0 Å². The summed E-state index contributed by atoms with van der Waals surface area (Å²) in [5, 5.41) is 2.61. The van der Waals surface area contributed by atoms with Crippen molar-refractivity contribution in [1.29, 1.82) is 0 Å². The van der Waals surface area contributed by atoms with E-state index >= 15 is 0 Å². The second kappa shape index (κ2) is 17.2. The maximum atomic E-state index is 5.09. The van der Waals surface area contributed by atoms with E-state index in [-0.39, 0.29) is 21.7 Å². The standard InChI is InChI=1S/C72H56S5/c1-69(37-73)59-11-7-5-9-49(59)51-21-13-41(29-61(51)69)43-15-23-53-55-25-17-45(33-65(55)71(3,39-75)63(53)31-43)47-19-27-57-58-28-20-48(36-68(58)77-67(57)35-47)46-18-26-56-54-24-16-44(32-64(54)72(4,40-76)66(56)34-46)42-14-22-52-50-10-6-8-12-60(50)70(2,38-74)62(52)30-42/h5-36,73-76H,37-40H2,1-4H3. The Bertz CT molecular complexity index is 4090. The van der Waals surface area contributed by atoms with Crippen LogP contribution in [0, 0.1) is 0 Å². The van der Waals surface area contributed by atoms with E-state index in [0.717, 1.165) is 11.5 Å². The minimum absolute atomic E-state index is 0.135. The van der Waals surface area contributed by atoms with E-state index < -0.39 is 0 Å². The Morgan fingerprint density at radius 1 is 0.260 bits per heavy atom. The summed E-state index contributed by atoms with van der Waals surface area (Å²) in [4.78, 5) is 0. The topological polar surface area (TPSA) is 0 Å². The smallest absolute Gasteiger partial charge is 0.0361 e. The lowest BCUT2D eigenvalue weighted by atomic mass is 9.79. The molecule has 374 valence electrons. The zero-order valence-corrected chi connectivity index (χ0v) is 47.9. The third kappa shape index (κ3) is 6.65. The van der Waals surface area contributed by atoms with Crippen LogP contribution in [0.4, 0.5) is 0 Å². The van der Waals surface area contributed by atoms with E-state index in [1.165, 1.54) is 154 Å². The first-order chi connectivity index (χ1) is 37.4. The van der Waals surface area contributed by atoms with Gasteiger partial charge in [-0.25, -0.2) is 0 Å². The largest absolute Gasteiger partial charge is 0.178 e. The molecule has 0 amide bonds. The molecule has 0 radical (unpaired) electrons. The number of hydrogen-bond donors (Lipinski definition) is 4. The zero-order valence-electron chi connectivity index (χ0n) is 43.5. The van der Waals surface area contributed by atoms with Gasteiger partial charge in [0.15, 0.2) is 0 Å². The highest BCUT2D eigenvalue weighted by atomic mass is 32.1. The van der Waals surface area contributed by atoms with Crippen LogP contribution in [0.2, 0.25) is 0 Å². The van der Waals surface area contributed by atoms with Crippen molar-refractivity contribution in [2.24, 2.45) is 0 Å². The third-order valence-corrected chi connectivity index (χ3v) is 22.6. The van der Waals surface area contributed by atoms with E-state index in [2.05, 4.69) is 222 Å². The molecule has 0 nitrogen and oxygen atoms in total. The van der Waals surface area contributed by atoms with Gasteiger partial charge in [-0.2, -0.15) is 50.5 Å². The van der Waals surface area contributed by atoms with E-state index in [1.54, 1.807) is 0 Å². The van der Waals surface area contributed by atoms with Crippen LogP contribution in [0.1, 0.15) is 72.2 Å². The lowest BCUT2D eigenvalue weighted by Crippen LogP contribution is -2.23. The van der Waals surface area contributed by atoms with Gasteiger partial charge < -0.3 is 0 Å². The Morgan fingerprint density at radius 3 is 0.753 bits per heavy atom. The van der Waals surface area contributed by atoms with Gasteiger partial charge >= 0.3 is 0 Å². The molecule has 0 saturated carbocycles. The summed E-state index contributed by atoms with van der Waals surface area (Å²) in [5.74, 6) is 2.94. The van der Waals surface area contributed by atoms with Crippen molar-refractivity contribution in [2.75, 3.05) is 23.0 Å². The molecule has 0 N–H and O–H groups in total. The molecule has 0 saturated heterocycles. The third-order valence-electron chi connectivity index (χ3n) is 19.0. The van der Waals surface area contributed by atoms with E-state index in [9.17, 15) is 0 Å². The van der Waals surface area contributed by atoms with Crippen LogP contribution in [0.5, 0.6) is 0 Å². The first-order valence-corrected chi connectivity index (χ1v) is 30.2. The molecule has 10 aromatic carbocycles. The van der Waals surface area contributed by atoms with Crippen molar-refractivity contribution in [3.8, 4) is 89.0 Å². The van der Waals surface area contributed by atoms with Gasteiger partial charge in [0.05, 0.1) is 0 Å². The lowest BCUT2D eigenvalue weighted by molar-refractivity contribution is 0.674. The fourth-order valence-electron chi connectivity index (χ4n) is 14.3. The van der Waals surface area contributed by atoms with Crippen LogP contribution in [-0.2, 0) is 21.7 Å². The maximum Gasteiger partial charge on any atom is 0.0361 e. The van der Waals surface area contributed by atoms with Crippen molar-refractivity contribution < 1.29 is 0 Å². The van der Waals surface area contributed by atoms with Crippen molar-refractivity contribution in [1.82, 2.24) is 0 Å². The highest BCUT2D eigenvalue weighted by Gasteiger charge is 2.43. The van der Waals surface area contributed by atoms with Crippen LogP contribution in [-0.4, -0.2) is 23.0 Å². The monoisotopic (exact) mass is 1080 g/mol. The Hall–Kier alpha value is -6.18. The molecule has 77 heavy (non-hydrogen) atoms. The van der Waals surface area contributed by atoms with Crippen molar-refractivity contribution in [3.63, 3.8) is 0 Å². The highest BCUT2D eigenvalue weighted by Crippen LogP contribution is 2.56. The average Bonchev–Trinajstić information content (AvgIpc) is 4.25. The van der Waals surface area contributed by atoms with Crippen LogP contribution in [0.3, 0.4) is 0 Å². The van der Waals surface area contributed by atoms with E-state index in [0.29, 0.717) is 11.5 Å². The van der Waals surface area contributed by atoms with Gasteiger partial charge in [0, 0.05) is 64.8 Å². The summed E-state index contributed by atoms with van der Waals surface area (Å²) >= 11 is 21.9. The minimum Gasteiger partial charge on any atom is -0.178 e. The summed E-state index contributed by atoms with van der Waals surface area (Å²) < 4.78 is 2.61. The first-order valence-electron chi connectivity index (χ1n) is 26.9. The van der Waals surface area contributed by atoms with Crippen LogP contribution in [0.15, 0.2) is 194 Å². The molecule has 4 atom stereocenters. The molecule has 11 aromatic rings. The number of benzene rings is 10. The second-order valence-electron chi connectivity index (χ2n) is 23.1. The Labute approximate surface area is 478 Å². The predicted octanol–water partition coefficient (Wildman–Crippen LogP) is 19.6. The van der Waals surface area contributed by atoms with Gasteiger partial charge in [-0.3, -0.25) is 0 Å². The summed E-state index contributed by atoms with van der Waals surface area (Å²) in [6.07, 6.45) is 0. The Balaban J connectivity index is 0.724. The average molecular weight is 1080 g/mol. The minimum atomic E-state index is -0.246. The summed E-state index contributed by atoms with van der Waals surface area (Å²) in [5.41, 5.74) is 30.6. The summed E-state index contributed by atoms with van der Waals surface area (Å²) in [7, 11) is 0. The van der Waals surface area contributed by atoms with Crippen molar-refractivity contribution in [3.05, 3.63) is 239 Å². The fraction of sp³-hybridized carbons (Fsp3) is 0.167. The molecule has 0 fully saturated rings. The SMILES string of the molecule is CC1(CS)c2ccccc2-c2ccc(-c3ccc4c(c3)C(C)(CS)c3cc(-c5ccc6c(c5)sc5cc(-c7ccc8c(c7)C(C)(CS)c7cc(-c9ccc%10c(c9)C(C)(CS)c9ccccc9-%10)ccc7-8)ccc56)ccc3-4)cc21. The zero-order chi connectivity index (χ0) is 52.3. The van der Waals surface area contributed by atoms with E-state index in [4.69, 9.17) is 50.5 Å². The van der Waals surface area contributed by atoms with Gasteiger partial charge in [-0.1, -0.05) is 173 Å². The molecule has 15 rings (SSSR count). The molecule has 4 unspecified atom stereocenters. The lowest BCUT2D eigenvalue weighted by Gasteiger charge is -2.27. The molecule has 5 heteroatoms. The van der Waals surface area contributed by atoms with Crippen LogP contribution >= 0.6 is 61.9 Å². The molecule has 4 aliphatic carbocycles. The van der Waals surface area contributed by atoms with Gasteiger partial charge in [0.1, 0.15) is 0 Å². The Kier molecular flexibility index (Phi) is 10.7. The molecule has 0 aliphatic heterocycles. The number of thiophene rings is 1. The normalized spacial score (nSPS) is 20.9. The van der Waals surface area contributed by atoms with Gasteiger partial charge in [0.25, 0.3) is 0 Å². The van der Waals surface area contributed by atoms with Gasteiger partial charge in [0.2, 0.25) is 0 Å². The number of hydrogen-bond acceptors (Lipinski definition) is 5. The number of thiol groups is 4. The second-order valence-corrected chi connectivity index (χ2v) is 25.5. The molecular weight excluding hydrogens is 1030 g/mol. The molecule has 0 spiro atoms. The number of rotatable bonds is 8. The Morgan fingerprint density at radius 2 is 0.481 bits per heavy atom. The predicted molar refractivity (Wildman–Crippen MR) is 344 cm³/mol. The van der Waals surface area contributed by atoms with Gasteiger partial charge in [-0.15, -0.1) is 11.3 Å². The maximum absolute atomic E-state index is 5.09. The molecule has 1 aromatic heterocycles. The highest BCUT2D eigenvalue weighted by molar-refractivity contribution is 7.80. The molecule has 0 bridgehead atoms. The van der Waals surface area contributed by atoms with Crippen molar-refractivity contribution >= 4 is 82.0 Å². The quantitative estimate of drug-likeness (QED) is 0.107. The van der Waals surface area contributed by atoms with Crippen molar-refractivity contribution in [2.45, 2.75) is 49.4 Å². The molecule has 4 aliphatic rings. The summed E-state index contributed by atoms with van der Waals surface area (Å²) in [6, 6.07) is 74.3. The van der Waals surface area contributed by atoms with Gasteiger partial charge in [-0.05, 0) is 182 Å². The summed E-state index contributed by atoms with van der Waals surface area (Å²) in [6.45, 7) is 9.45. The first kappa shape index (κ1) is 48.0. The van der Waals surface area contributed by atoms with E-state index in [1.807, 2.05) is 11.3 Å². The fourth-order valence-corrected chi connectivity index (χ4v) is 16.8.